The number of nitrogens with zero attached hydrogens (tertiary/aromatic N) is 4. The molecule has 36 heavy (non-hydrogen) atoms. The molecule has 0 aliphatic heterocycles. The molecule has 0 atom stereocenters. The minimum absolute atomic E-state index is 0.0349. The quantitative estimate of drug-likeness (QED) is 0.350. The van der Waals surface area contributed by atoms with Gasteiger partial charge in [0.05, 0.1) is 17.4 Å². The molecule has 5 rings (SSSR count). The highest BCUT2D eigenvalue weighted by Gasteiger charge is 2.15. The third kappa shape index (κ3) is 4.50. The Hall–Kier alpha value is -5.03. The van der Waals surface area contributed by atoms with E-state index in [0.717, 1.165) is 16.6 Å². The van der Waals surface area contributed by atoms with Gasteiger partial charge in [-0.05, 0) is 61.0 Å². The Morgan fingerprint density at radius 1 is 1.11 bits per heavy atom. The van der Waals surface area contributed by atoms with Crippen LogP contribution in [0.25, 0.3) is 16.6 Å². The average Bonchev–Trinajstić information content (AvgIpc) is 3.44. The number of rotatable bonds is 6. The number of halogens is 1. The lowest BCUT2D eigenvalue weighted by Gasteiger charge is -2.14. The van der Waals surface area contributed by atoms with Crippen LogP contribution in [0.1, 0.15) is 27.0 Å². The second-order valence-corrected chi connectivity index (χ2v) is 8.12. The summed E-state index contributed by atoms with van der Waals surface area (Å²) in [6.45, 7) is 1.94. The summed E-state index contributed by atoms with van der Waals surface area (Å²) in [5.41, 5.74) is 3.33. The molecule has 2 heterocycles. The smallest absolute Gasteiger partial charge is 0.251 e. The minimum Gasteiger partial charge on any atom is -0.456 e. The molecule has 7 nitrogen and oxygen atoms in total. The molecule has 3 aromatic carbocycles. The van der Waals surface area contributed by atoms with Crippen molar-refractivity contribution in [2.45, 2.75) is 13.5 Å². The van der Waals surface area contributed by atoms with Gasteiger partial charge in [-0.1, -0.05) is 12.1 Å². The molecule has 0 fully saturated rings. The molecule has 5 aromatic rings. The molecule has 0 aliphatic carbocycles. The molecule has 0 radical (unpaired) electrons. The maximum absolute atomic E-state index is 13.9. The van der Waals surface area contributed by atoms with Crippen molar-refractivity contribution in [1.29, 1.82) is 5.26 Å². The van der Waals surface area contributed by atoms with E-state index in [2.05, 4.69) is 15.3 Å². The Labute approximate surface area is 206 Å². The van der Waals surface area contributed by atoms with Gasteiger partial charge in [0.15, 0.2) is 0 Å². The van der Waals surface area contributed by atoms with Crippen LogP contribution in [-0.4, -0.2) is 20.4 Å². The number of benzene rings is 3. The minimum atomic E-state index is -0.613. The number of fused-ring (bicyclic) bond motifs is 1. The van der Waals surface area contributed by atoms with Gasteiger partial charge in [0.1, 0.15) is 23.4 Å². The van der Waals surface area contributed by atoms with E-state index in [1.165, 1.54) is 12.1 Å². The summed E-state index contributed by atoms with van der Waals surface area (Å²) in [5.74, 6) is 0.231. The van der Waals surface area contributed by atoms with E-state index >= 15 is 0 Å². The van der Waals surface area contributed by atoms with Crippen molar-refractivity contribution in [1.82, 2.24) is 19.9 Å². The molecule has 0 spiro atoms. The molecule has 2 aromatic heterocycles. The first kappa shape index (κ1) is 22.7. The van der Waals surface area contributed by atoms with Crippen LogP contribution in [0.5, 0.6) is 11.5 Å². The van der Waals surface area contributed by atoms with Crippen LogP contribution in [0.15, 0.2) is 85.6 Å². The van der Waals surface area contributed by atoms with Crippen molar-refractivity contribution in [2.75, 3.05) is 0 Å². The number of imidazole rings is 1. The van der Waals surface area contributed by atoms with E-state index in [4.69, 9.17) is 10.00 Å². The highest BCUT2D eigenvalue weighted by Crippen LogP contribution is 2.32. The number of ether oxygens (including phenoxy) is 1. The number of hydrogen-bond acceptors (Lipinski definition) is 5. The molecule has 1 N–H and O–H groups in total. The molecule has 0 unspecified atom stereocenters. The van der Waals surface area contributed by atoms with Gasteiger partial charge in [0, 0.05) is 47.3 Å². The number of hydrogen-bond donors (Lipinski definition) is 1. The fraction of sp³-hybridized carbons (Fsp3) is 0.0714. The lowest BCUT2D eigenvalue weighted by molar-refractivity contribution is 0.0950. The maximum Gasteiger partial charge on any atom is 0.251 e. The number of amides is 1. The zero-order valence-corrected chi connectivity index (χ0v) is 19.3. The largest absolute Gasteiger partial charge is 0.456 e. The summed E-state index contributed by atoms with van der Waals surface area (Å²) >= 11 is 0. The standard InChI is InChI=1S/C28H20FN5O2/c1-18-22(28(35)33-16-19-5-6-20(15-30)24(29)13-19)3-2-4-26(18)36-27-9-10-32-25-14-21(7-8-23(25)27)34-12-11-31-17-34/h2-14,17H,16H2,1H3,(H,33,35). The predicted octanol–water partition coefficient (Wildman–Crippen LogP) is 5.46. The topological polar surface area (TPSA) is 92.8 Å². The van der Waals surface area contributed by atoms with Crippen molar-refractivity contribution >= 4 is 16.8 Å². The Bertz CT molecular complexity index is 1620. The van der Waals surface area contributed by atoms with Crippen LogP contribution in [-0.2, 0) is 6.54 Å². The second-order valence-electron chi connectivity index (χ2n) is 8.12. The fourth-order valence-corrected chi connectivity index (χ4v) is 3.90. The van der Waals surface area contributed by atoms with Crippen LogP contribution in [0, 0.1) is 24.1 Å². The highest BCUT2D eigenvalue weighted by molar-refractivity contribution is 5.96. The van der Waals surface area contributed by atoms with Gasteiger partial charge < -0.3 is 14.6 Å². The molecule has 0 bridgehead atoms. The van der Waals surface area contributed by atoms with Gasteiger partial charge in [-0.3, -0.25) is 9.78 Å². The summed E-state index contributed by atoms with van der Waals surface area (Å²) in [5, 5.41) is 12.5. The molecule has 0 saturated heterocycles. The van der Waals surface area contributed by atoms with Crippen LogP contribution < -0.4 is 10.1 Å². The molecule has 0 saturated carbocycles. The molecule has 8 heteroatoms. The van der Waals surface area contributed by atoms with E-state index in [0.29, 0.717) is 28.2 Å². The second kappa shape index (κ2) is 9.68. The number of aromatic nitrogens is 3. The number of carbonyl (C=O) groups excluding carboxylic acids is 1. The van der Waals surface area contributed by atoms with Crippen LogP contribution in [0.2, 0.25) is 0 Å². The summed E-state index contributed by atoms with van der Waals surface area (Å²) in [6, 6.07) is 18.9. The van der Waals surface area contributed by atoms with Gasteiger partial charge in [0.25, 0.3) is 5.91 Å². The highest BCUT2D eigenvalue weighted by atomic mass is 19.1. The summed E-state index contributed by atoms with van der Waals surface area (Å²) < 4.78 is 22.0. The molecular weight excluding hydrogens is 457 g/mol. The molecule has 0 aliphatic rings. The van der Waals surface area contributed by atoms with Crippen molar-refractivity contribution < 1.29 is 13.9 Å². The van der Waals surface area contributed by atoms with Crippen LogP contribution in [0.3, 0.4) is 0 Å². The van der Waals surface area contributed by atoms with E-state index < -0.39 is 5.82 Å². The monoisotopic (exact) mass is 477 g/mol. The lowest BCUT2D eigenvalue weighted by atomic mass is 10.1. The Morgan fingerprint density at radius 3 is 2.78 bits per heavy atom. The first-order valence-electron chi connectivity index (χ1n) is 11.1. The number of nitrogens with one attached hydrogen (secondary N) is 1. The van der Waals surface area contributed by atoms with E-state index in [-0.39, 0.29) is 18.0 Å². The van der Waals surface area contributed by atoms with E-state index in [9.17, 15) is 9.18 Å². The van der Waals surface area contributed by atoms with Gasteiger partial charge in [-0.25, -0.2) is 9.37 Å². The first-order valence-corrected chi connectivity index (χ1v) is 11.1. The summed E-state index contributed by atoms with van der Waals surface area (Å²) in [4.78, 5) is 21.4. The molecular formula is C28H20FN5O2. The van der Waals surface area contributed by atoms with Crippen molar-refractivity contribution in [3.63, 3.8) is 0 Å². The predicted molar refractivity (Wildman–Crippen MR) is 132 cm³/mol. The summed E-state index contributed by atoms with van der Waals surface area (Å²) in [6.07, 6.45) is 6.97. The first-order chi connectivity index (χ1) is 17.5. The SMILES string of the molecule is Cc1c(Oc2ccnc3cc(-n4ccnc4)ccc23)cccc1C(=O)NCc1ccc(C#N)c(F)c1. The molecule has 176 valence electrons. The van der Waals surface area contributed by atoms with Crippen molar-refractivity contribution in [3.05, 3.63) is 114 Å². The number of pyridine rings is 1. The van der Waals surface area contributed by atoms with E-state index in [1.54, 1.807) is 55.1 Å². The molecule has 1 amide bonds. The van der Waals surface area contributed by atoms with Crippen LogP contribution in [0.4, 0.5) is 4.39 Å². The van der Waals surface area contributed by atoms with Crippen molar-refractivity contribution in [2.24, 2.45) is 0 Å². The van der Waals surface area contributed by atoms with Gasteiger partial charge in [0.2, 0.25) is 0 Å². The zero-order chi connectivity index (χ0) is 25.1. The van der Waals surface area contributed by atoms with Gasteiger partial charge >= 0.3 is 0 Å². The Balaban J connectivity index is 1.36. The van der Waals surface area contributed by atoms with Gasteiger partial charge in [-0.15, -0.1) is 0 Å². The summed E-state index contributed by atoms with van der Waals surface area (Å²) in [7, 11) is 0. The third-order valence-corrected chi connectivity index (χ3v) is 5.84. The maximum atomic E-state index is 13.9. The lowest BCUT2D eigenvalue weighted by Crippen LogP contribution is -2.23. The van der Waals surface area contributed by atoms with Crippen molar-refractivity contribution in [3.8, 4) is 23.3 Å². The average molecular weight is 477 g/mol. The number of nitriles is 1. The zero-order valence-electron chi connectivity index (χ0n) is 19.3. The van der Waals surface area contributed by atoms with E-state index in [1.807, 2.05) is 35.9 Å². The normalized spacial score (nSPS) is 10.7. The Kier molecular flexibility index (Phi) is 6.12. The third-order valence-electron chi connectivity index (χ3n) is 5.84. The van der Waals surface area contributed by atoms with Gasteiger partial charge in [-0.2, -0.15) is 5.26 Å². The number of carbonyl (C=O) groups is 1. The fourth-order valence-electron chi connectivity index (χ4n) is 3.90. The van der Waals surface area contributed by atoms with Crippen LogP contribution >= 0.6 is 0 Å². The Morgan fingerprint density at radius 2 is 2.00 bits per heavy atom.